The first kappa shape index (κ1) is 17.8. The summed E-state index contributed by atoms with van der Waals surface area (Å²) in [4.78, 5) is 26.7. The Balaban J connectivity index is 1.77. The lowest BCUT2D eigenvalue weighted by atomic mass is 10.1. The van der Waals surface area contributed by atoms with Crippen LogP contribution in [0.2, 0.25) is 10.0 Å². The molecule has 0 aromatic heterocycles. The average Bonchev–Trinajstić information content (AvgIpc) is 2.88. The quantitative estimate of drug-likeness (QED) is 0.850. The number of aryl methyl sites for hydroxylation is 2. The molecule has 1 N–H and O–H groups in total. The predicted octanol–water partition coefficient (Wildman–Crippen LogP) is 4.60. The molecule has 1 aliphatic rings. The normalized spacial score (nSPS) is 17.0. The van der Waals surface area contributed by atoms with Crippen molar-refractivity contribution in [3.05, 3.63) is 57.6 Å². The summed E-state index contributed by atoms with van der Waals surface area (Å²) in [5.74, 6) is -0.661. The van der Waals surface area contributed by atoms with Crippen molar-refractivity contribution in [1.82, 2.24) is 0 Å². The molecule has 0 spiro atoms. The summed E-state index contributed by atoms with van der Waals surface area (Å²) in [7, 11) is 0. The van der Waals surface area contributed by atoms with Gasteiger partial charge in [0.15, 0.2) is 0 Å². The smallest absolute Gasteiger partial charge is 0.229 e. The van der Waals surface area contributed by atoms with Gasteiger partial charge in [-0.15, -0.1) is 0 Å². The van der Waals surface area contributed by atoms with Gasteiger partial charge in [0.25, 0.3) is 0 Å². The van der Waals surface area contributed by atoms with E-state index >= 15 is 0 Å². The van der Waals surface area contributed by atoms with Crippen molar-refractivity contribution >= 4 is 46.4 Å². The van der Waals surface area contributed by atoms with Gasteiger partial charge in [-0.1, -0.05) is 41.4 Å². The van der Waals surface area contributed by atoms with E-state index in [0.717, 1.165) is 16.8 Å². The van der Waals surface area contributed by atoms with Crippen LogP contribution in [-0.2, 0) is 9.59 Å². The fourth-order valence-corrected chi connectivity index (χ4v) is 3.73. The Hall–Kier alpha value is -2.04. The zero-order valence-electron chi connectivity index (χ0n) is 14.0. The Kier molecular flexibility index (Phi) is 5.02. The van der Waals surface area contributed by atoms with Crippen molar-refractivity contribution in [3.8, 4) is 0 Å². The molecule has 1 unspecified atom stereocenters. The van der Waals surface area contributed by atoms with Crippen LogP contribution in [0.4, 0.5) is 11.4 Å². The van der Waals surface area contributed by atoms with Crippen molar-refractivity contribution in [2.75, 3.05) is 16.8 Å². The van der Waals surface area contributed by atoms with Gasteiger partial charge in [-0.2, -0.15) is 0 Å². The molecule has 1 saturated heterocycles. The lowest BCUT2D eigenvalue weighted by Gasteiger charge is -2.21. The molecule has 130 valence electrons. The molecule has 0 radical (unpaired) electrons. The van der Waals surface area contributed by atoms with Gasteiger partial charge in [0.1, 0.15) is 0 Å². The van der Waals surface area contributed by atoms with E-state index in [4.69, 9.17) is 23.2 Å². The van der Waals surface area contributed by atoms with Gasteiger partial charge in [0, 0.05) is 34.4 Å². The zero-order valence-corrected chi connectivity index (χ0v) is 15.5. The van der Waals surface area contributed by atoms with Crippen LogP contribution < -0.4 is 10.2 Å². The Bertz CT molecular complexity index is 811. The highest BCUT2D eigenvalue weighted by Gasteiger charge is 2.36. The molecule has 4 nitrogen and oxygen atoms in total. The molecule has 0 aliphatic carbocycles. The third kappa shape index (κ3) is 3.80. The maximum atomic E-state index is 12.6. The Labute approximate surface area is 156 Å². The van der Waals surface area contributed by atoms with E-state index in [1.807, 2.05) is 32.0 Å². The molecule has 1 aliphatic heterocycles. The standard InChI is InChI=1S/C19H18Cl2N2O2/c1-11-4-3-5-12(2)18(11)23-10-13(6-17(23)24)19(25)22-16-8-14(20)7-15(21)9-16/h3-5,7-9,13H,6,10H2,1-2H3,(H,22,25). The number of benzene rings is 2. The second-order valence-electron chi connectivity index (χ2n) is 6.29. The van der Waals surface area contributed by atoms with Gasteiger partial charge in [-0.3, -0.25) is 9.59 Å². The molecular formula is C19H18Cl2N2O2. The van der Waals surface area contributed by atoms with Gasteiger partial charge in [0.2, 0.25) is 11.8 Å². The lowest BCUT2D eigenvalue weighted by molar-refractivity contribution is -0.122. The van der Waals surface area contributed by atoms with Crippen molar-refractivity contribution < 1.29 is 9.59 Å². The molecular weight excluding hydrogens is 359 g/mol. The summed E-state index contributed by atoms with van der Waals surface area (Å²) in [6.07, 6.45) is 0.188. The van der Waals surface area contributed by atoms with Gasteiger partial charge in [0.05, 0.1) is 5.92 Å². The number of rotatable bonds is 3. The molecule has 2 aromatic rings. The average molecular weight is 377 g/mol. The minimum absolute atomic E-state index is 0.0401. The number of nitrogens with one attached hydrogen (secondary N) is 1. The van der Waals surface area contributed by atoms with Crippen molar-refractivity contribution in [2.45, 2.75) is 20.3 Å². The van der Waals surface area contributed by atoms with E-state index in [-0.39, 0.29) is 18.2 Å². The number of anilines is 2. The maximum absolute atomic E-state index is 12.6. The van der Waals surface area contributed by atoms with Crippen LogP contribution in [0.25, 0.3) is 0 Å². The molecule has 0 bridgehead atoms. The minimum atomic E-state index is -0.413. The number of para-hydroxylation sites is 1. The topological polar surface area (TPSA) is 49.4 Å². The molecule has 3 rings (SSSR count). The monoisotopic (exact) mass is 376 g/mol. The molecule has 0 saturated carbocycles. The SMILES string of the molecule is Cc1cccc(C)c1N1CC(C(=O)Nc2cc(Cl)cc(Cl)c2)CC1=O. The number of amides is 2. The van der Waals surface area contributed by atoms with E-state index in [1.54, 1.807) is 23.1 Å². The summed E-state index contributed by atoms with van der Waals surface area (Å²) in [6, 6.07) is 10.8. The predicted molar refractivity (Wildman–Crippen MR) is 101 cm³/mol. The molecule has 2 aromatic carbocycles. The zero-order chi connectivity index (χ0) is 18.1. The fourth-order valence-electron chi connectivity index (χ4n) is 3.20. The summed E-state index contributed by atoms with van der Waals surface area (Å²) in [6.45, 7) is 4.30. The maximum Gasteiger partial charge on any atom is 0.229 e. The van der Waals surface area contributed by atoms with Gasteiger partial charge in [-0.05, 0) is 43.2 Å². The number of nitrogens with zero attached hydrogens (tertiary/aromatic N) is 1. The molecule has 25 heavy (non-hydrogen) atoms. The van der Waals surface area contributed by atoms with Crippen molar-refractivity contribution in [1.29, 1.82) is 0 Å². The third-order valence-electron chi connectivity index (χ3n) is 4.34. The Morgan fingerprint density at radius 3 is 2.32 bits per heavy atom. The number of hydrogen-bond donors (Lipinski definition) is 1. The first-order valence-electron chi connectivity index (χ1n) is 7.98. The molecule has 1 fully saturated rings. The van der Waals surface area contributed by atoms with Crippen LogP contribution in [0.3, 0.4) is 0 Å². The van der Waals surface area contributed by atoms with E-state index in [9.17, 15) is 9.59 Å². The lowest BCUT2D eigenvalue weighted by Crippen LogP contribution is -2.29. The van der Waals surface area contributed by atoms with Crippen LogP contribution >= 0.6 is 23.2 Å². The van der Waals surface area contributed by atoms with E-state index < -0.39 is 5.92 Å². The van der Waals surface area contributed by atoms with E-state index in [1.165, 1.54) is 0 Å². The second kappa shape index (κ2) is 7.06. The molecule has 2 amide bonds. The second-order valence-corrected chi connectivity index (χ2v) is 7.17. The van der Waals surface area contributed by atoms with Crippen LogP contribution in [0.15, 0.2) is 36.4 Å². The summed E-state index contributed by atoms with van der Waals surface area (Å²) in [5.41, 5.74) is 3.47. The Morgan fingerprint density at radius 1 is 1.12 bits per heavy atom. The fraction of sp³-hybridized carbons (Fsp3) is 0.263. The highest BCUT2D eigenvalue weighted by Crippen LogP contribution is 2.31. The van der Waals surface area contributed by atoms with Crippen molar-refractivity contribution in [2.24, 2.45) is 5.92 Å². The number of carbonyl (C=O) groups excluding carboxylic acids is 2. The summed E-state index contributed by atoms with van der Waals surface area (Å²) >= 11 is 11.9. The first-order chi connectivity index (χ1) is 11.8. The van der Waals surface area contributed by atoms with Crippen molar-refractivity contribution in [3.63, 3.8) is 0 Å². The Morgan fingerprint density at radius 2 is 1.72 bits per heavy atom. The minimum Gasteiger partial charge on any atom is -0.326 e. The number of hydrogen-bond acceptors (Lipinski definition) is 2. The van der Waals surface area contributed by atoms with Gasteiger partial charge in [-0.25, -0.2) is 0 Å². The van der Waals surface area contributed by atoms with E-state index in [2.05, 4.69) is 5.32 Å². The van der Waals surface area contributed by atoms with Crippen LogP contribution in [0, 0.1) is 19.8 Å². The largest absolute Gasteiger partial charge is 0.326 e. The van der Waals surface area contributed by atoms with Gasteiger partial charge < -0.3 is 10.2 Å². The van der Waals surface area contributed by atoms with E-state index in [0.29, 0.717) is 22.3 Å². The van der Waals surface area contributed by atoms with Crippen LogP contribution in [0.1, 0.15) is 17.5 Å². The summed E-state index contributed by atoms with van der Waals surface area (Å²) < 4.78 is 0. The number of carbonyl (C=O) groups is 2. The third-order valence-corrected chi connectivity index (χ3v) is 4.77. The van der Waals surface area contributed by atoms with Crippen LogP contribution in [0.5, 0.6) is 0 Å². The highest BCUT2D eigenvalue weighted by molar-refractivity contribution is 6.35. The molecule has 1 heterocycles. The molecule has 6 heteroatoms. The number of halogens is 2. The first-order valence-corrected chi connectivity index (χ1v) is 8.74. The summed E-state index contributed by atoms with van der Waals surface area (Å²) in [5, 5.41) is 3.69. The van der Waals surface area contributed by atoms with Crippen LogP contribution in [-0.4, -0.2) is 18.4 Å². The highest BCUT2D eigenvalue weighted by atomic mass is 35.5. The molecule has 1 atom stereocenters. The van der Waals surface area contributed by atoms with Gasteiger partial charge >= 0.3 is 0 Å².